The Hall–Kier alpha value is -1.55. The van der Waals surface area contributed by atoms with E-state index in [1.807, 2.05) is 12.1 Å². The lowest BCUT2D eigenvalue weighted by atomic mass is 10.1. The number of hydrogen-bond acceptors (Lipinski definition) is 3. The first-order valence-electron chi connectivity index (χ1n) is 6.45. The molecule has 1 aromatic rings. The maximum Gasteiger partial charge on any atom is 0.251 e. The molecule has 1 saturated heterocycles. The molecule has 1 atom stereocenters. The number of nitrogens with one attached hydrogen (secondary N) is 2. The predicted molar refractivity (Wildman–Crippen MR) is 71.0 cm³/mol. The molecule has 0 aromatic heterocycles. The zero-order chi connectivity index (χ0) is 12.8. The molecule has 1 aromatic carbocycles. The summed E-state index contributed by atoms with van der Waals surface area (Å²) in [4.78, 5) is 12.1. The van der Waals surface area contributed by atoms with E-state index in [1.165, 1.54) is 0 Å². The van der Waals surface area contributed by atoms with Gasteiger partial charge in [-0.05, 0) is 56.6 Å². The van der Waals surface area contributed by atoms with Crippen molar-refractivity contribution in [1.82, 2.24) is 10.6 Å². The van der Waals surface area contributed by atoms with Crippen LogP contribution in [0.3, 0.4) is 0 Å². The Bertz CT molecular complexity index is 381. The van der Waals surface area contributed by atoms with Crippen LogP contribution in [0.5, 0.6) is 5.75 Å². The molecule has 1 aliphatic rings. The van der Waals surface area contributed by atoms with Crippen LogP contribution in [0.25, 0.3) is 0 Å². The van der Waals surface area contributed by atoms with E-state index in [0.717, 1.165) is 38.1 Å². The Morgan fingerprint density at radius 1 is 1.28 bits per heavy atom. The monoisotopic (exact) mass is 248 g/mol. The summed E-state index contributed by atoms with van der Waals surface area (Å²) in [6.07, 6.45) is 3.17. The molecule has 4 heteroatoms. The molecule has 1 aliphatic heterocycles. The summed E-state index contributed by atoms with van der Waals surface area (Å²) in [6.45, 7) is 2.03. The topological polar surface area (TPSA) is 50.4 Å². The van der Waals surface area contributed by atoms with Gasteiger partial charge in [0.05, 0.1) is 7.11 Å². The fourth-order valence-corrected chi connectivity index (χ4v) is 2.17. The largest absolute Gasteiger partial charge is 0.497 e. The zero-order valence-corrected chi connectivity index (χ0v) is 10.7. The van der Waals surface area contributed by atoms with Crippen LogP contribution in [0.2, 0.25) is 0 Å². The number of rotatable bonds is 3. The Morgan fingerprint density at radius 2 is 2.06 bits per heavy atom. The lowest BCUT2D eigenvalue weighted by Gasteiger charge is -2.16. The molecule has 0 spiro atoms. The van der Waals surface area contributed by atoms with Crippen molar-refractivity contribution < 1.29 is 9.53 Å². The lowest BCUT2D eigenvalue weighted by Crippen LogP contribution is -2.35. The van der Waals surface area contributed by atoms with Crippen molar-refractivity contribution in [1.29, 1.82) is 0 Å². The average molecular weight is 248 g/mol. The quantitative estimate of drug-likeness (QED) is 0.853. The summed E-state index contributed by atoms with van der Waals surface area (Å²) in [5.41, 5.74) is 0.688. The van der Waals surface area contributed by atoms with Crippen LogP contribution in [0, 0.1) is 0 Å². The van der Waals surface area contributed by atoms with Gasteiger partial charge in [-0.2, -0.15) is 0 Å². The Labute approximate surface area is 108 Å². The Morgan fingerprint density at radius 3 is 2.78 bits per heavy atom. The van der Waals surface area contributed by atoms with Gasteiger partial charge in [-0.3, -0.25) is 4.79 Å². The summed E-state index contributed by atoms with van der Waals surface area (Å²) >= 11 is 0. The first-order chi connectivity index (χ1) is 8.79. The second kappa shape index (κ2) is 6.40. The number of hydrogen-bond donors (Lipinski definition) is 2. The second-order valence-corrected chi connectivity index (χ2v) is 4.58. The van der Waals surface area contributed by atoms with Crippen molar-refractivity contribution in [2.45, 2.75) is 25.3 Å². The summed E-state index contributed by atoms with van der Waals surface area (Å²) in [7, 11) is 1.62. The number of benzene rings is 1. The second-order valence-electron chi connectivity index (χ2n) is 4.58. The highest BCUT2D eigenvalue weighted by atomic mass is 16.5. The average Bonchev–Trinajstić information content (AvgIpc) is 2.67. The number of carbonyl (C=O) groups excluding carboxylic acids is 1. The van der Waals surface area contributed by atoms with Crippen LogP contribution in [0.1, 0.15) is 29.6 Å². The van der Waals surface area contributed by atoms with Crippen LogP contribution in [-0.4, -0.2) is 32.1 Å². The van der Waals surface area contributed by atoms with Crippen LogP contribution in [-0.2, 0) is 0 Å². The van der Waals surface area contributed by atoms with E-state index in [-0.39, 0.29) is 11.9 Å². The number of ether oxygens (including phenoxy) is 1. The van der Waals surface area contributed by atoms with Gasteiger partial charge < -0.3 is 15.4 Å². The van der Waals surface area contributed by atoms with E-state index in [4.69, 9.17) is 4.74 Å². The zero-order valence-electron chi connectivity index (χ0n) is 10.7. The van der Waals surface area contributed by atoms with Crippen molar-refractivity contribution in [2.75, 3.05) is 20.2 Å². The molecule has 2 N–H and O–H groups in total. The fraction of sp³-hybridized carbons (Fsp3) is 0.500. The van der Waals surface area contributed by atoms with E-state index < -0.39 is 0 Å². The van der Waals surface area contributed by atoms with Crippen molar-refractivity contribution >= 4 is 5.91 Å². The van der Waals surface area contributed by atoms with Gasteiger partial charge in [0.15, 0.2) is 0 Å². The predicted octanol–water partition coefficient (Wildman–Crippen LogP) is 1.57. The molecule has 0 bridgehead atoms. The fourth-order valence-electron chi connectivity index (χ4n) is 2.17. The smallest absolute Gasteiger partial charge is 0.251 e. The summed E-state index contributed by atoms with van der Waals surface area (Å²) in [5.74, 6) is 0.773. The molecule has 1 heterocycles. The Kier molecular flexibility index (Phi) is 4.59. The van der Waals surface area contributed by atoms with Crippen molar-refractivity contribution in [3.05, 3.63) is 29.8 Å². The highest BCUT2D eigenvalue weighted by molar-refractivity contribution is 5.94. The lowest BCUT2D eigenvalue weighted by molar-refractivity contribution is 0.0934. The van der Waals surface area contributed by atoms with E-state index in [9.17, 15) is 4.79 Å². The maximum absolute atomic E-state index is 12.1. The molecule has 0 aliphatic carbocycles. The first kappa shape index (κ1) is 12.9. The van der Waals surface area contributed by atoms with Gasteiger partial charge >= 0.3 is 0 Å². The summed E-state index contributed by atoms with van der Waals surface area (Å²) < 4.78 is 5.08. The highest BCUT2D eigenvalue weighted by Gasteiger charge is 2.15. The molecule has 1 fully saturated rings. The minimum absolute atomic E-state index is 0.00422. The van der Waals surface area contributed by atoms with Crippen molar-refractivity contribution in [3.63, 3.8) is 0 Å². The van der Waals surface area contributed by atoms with E-state index >= 15 is 0 Å². The molecule has 4 nitrogen and oxygen atoms in total. The van der Waals surface area contributed by atoms with Gasteiger partial charge in [0.2, 0.25) is 0 Å². The molecule has 98 valence electrons. The van der Waals surface area contributed by atoms with E-state index in [0.29, 0.717) is 5.56 Å². The van der Waals surface area contributed by atoms with Gasteiger partial charge in [0.1, 0.15) is 5.75 Å². The number of amides is 1. The molecule has 1 unspecified atom stereocenters. The van der Waals surface area contributed by atoms with Gasteiger partial charge in [-0.15, -0.1) is 0 Å². The summed E-state index contributed by atoms with van der Waals surface area (Å²) in [6, 6.07) is 7.49. The maximum atomic E-state index is 12.1. The number of carbonyl (C=O) groups is 1. The third-order valence-electron chi connectivity index (χ3n) is 3.26. The molecule has 0 radical (unpaired) electrons. The SMILES string of the molecule is COc1ccc(C(=O)NC2CCCNCC2)cc1. The third kappa shape index (κ3) is 3.47. The minimum atomic E-state index is 0.00422. The number of methoxy groups -OCH3 is 1. The standard InChI is InChI=1S/C14H20N2O2/c1-18-13-6-4-11(5-7-13)14(17)16-12-3-2-9-15-10-8-12/h4-7,12,15H,2-3,8-10H2,1H3,(H,16,17). The molecular weight excluding hydrogens is 228 g/mol. The molecule has 1 amide bonds. The molecule has 0 saturated carbocycles. The van der Waals surface area contributed by atoms with E-state index in [1.54, 1.807) is 19.2 Å². The molecule has 18 heavy (non-hydrogen) atoms. The van der Waals surface area contributed by atoms with Crippen molar-refractivity contribution in [3.8, 4) is 5.75 Å². The van der Waals surface area contributed by atoms with Crippen molar-refractivity contribution in [2.24, 2.45) is 0 Å². The molecular formula is C14H20N2O2. The highest BCUT2D eigenvalue weighted by Crippen LogP contribution is 2.12. The minimum Gasteiger partial charge on any atom is -0.497 e. The Balaban J connectivity index is 1.93. The van der Waals surface area contributed by atoms with Crippen LogP contribution < -0.4 is 15.4 Å². The van der Waals surface area contributed by atoms with Gasteiger partial charge in [-0.1, -0.05) is 0 Å². The van der Waals surface area contributed by atoms with Gasteiger partial charge in [0.25, 0.3) is 5.91 Å². The van der Waals surface area contributed by atoms with Gasteiger partial charge in [0, 0.05) is 11.6 Å². The normalized spacial score (nSPS) is 19.9. The molecule has 2 rings (SSSR count). The van der Waals surface area contributed by atoms with Crippen LogP contribution >= 0.6 is 0 Å². The van der Waals surface area contributed by atoms with Gasteiger partial charge in [-0.25, -0.2) is 0 Å². The van der Waals surface area contributed by atoms with Crippen LogP contribution in [0.4, 0.5) is 0 Å². The third-order valence-corrected chi connectivity index (χ3v) is 3.26. The van der Waals surface area contributed by atoms with Crippen LogP contribution in [0.15, 0.2) is 24.3 Å². The van der Waals surface area contributed by atoms with E-state index in [2.05, 4.69) is 10.6 Å². The first-order valence-corrected chi connectivity index (χ1v) is 6.45. The summed E-state index contributed by atoms with van der Waals surface area (Å²) in [5, 5.41) is 6.43.